The van der Waals surface area contributed by atoms with Gasteiger partial charge in [0.15, 0.2) is 0 Å². The Hall–Kier alpha value is -11.5. The first-order valence-electron chi connectivity index (χ1n) is 32.1. The van der Waals surface area contributed by atoms with Gasteiger partial charge >= 0.3 is 0 Å². The van der Waals surface area contributed by atoms with Gasteiger partial charge in [0.05, 0.1) is 44.5 Å². The van der Waals surface area contributed by atoms with Gasteiger partial charge in [-0.05, 0) is 175 Å². The molecule has 5 aromatic heterocycles. The Morgan fingerprint density at radius 3 is 1.71 bits per heavy atom. The van der Waals surface area contributed by atoms with Crippen LogP contribution in [0, 0.1) is 6.33 Å². The van der Waals surface area contributed by atoms with Gasteiger partial charge in [-0.1, -0.05) is 205 Å². The highest BCUT2D eigenvalue weighted by Crippen LogP contribution is 2.49. The van der Waals surface area contributed by atoms with Crippen LogP contribution in [0.1, 0.15) is 52.7 Å². The highest BCUT2D eigenvalue weighted by molar-refractivity contribution is 6.12. The summed E-state index contributed by atoms with van der Waals surface area (Å²) in [6.45, 7) is 13.6. The molecule has 7 heteroatoms. The number of hydrogen-bond acceptors (Lipinski definition) is 3. The van der Waals surface area contributed by atoms with Gasteiger partial charge in [0.1, 0.15) is 28.5 Å². The molecular formula is C86H63N5O2. The Bertz CT molecular complexity index is 5880. The minimum Gasteiger partial charge on any atom is -0.458 e. The molecule has 1 aliphatic rings. The first-order valence-corrected chi connectivity index (χ1v) is 32.1. The summed E-state index contributed by atoms with van der Waals surface area (Å²) in [6, 6.07) is 97.2. The van der Waals surface area contributed by atoms with E-state index in [1.807, 2.05) is 24.4 Å². The fourth-order valence-corrected chi connectivity index (χ4v) is 14.6. The summed E-state index contributed by atoms with van der Waals surface area (Å²) in [5.74, 6) is 2.28. The van der Waals surface area contributed by atoms with Crippen molar-refractivity contribution in [2.45, 2.75) is 52.4 Å². The number of hydrogen-bond donors (Lipinski definition) is 0. The van der Waals surface area contributed by atoms with Crippen molar-refractivity contribution in [3.63, 3.8) is 0 Å². The monoisotopic (exact) mass is 1200 g/mol. The lowest BCUT2D eigenvalue weighted by Crippen LogP contribution is -2.32. The maximum absolute atomic E-state index is 7.08. The molecule has 0 spiro atoms. The van der Waals surface area contributed by atoms with Crippen molar-refractivity contribution < 1.29 is 13.7 Å². The molecule has 0 bridgehead atoms. The fourth-order valence-electron chi connectivity index (χ4n) is 14.6. The van der Waals surface area contributed by atoms with Crippen molar-refractivity contribution in [3.05, 3.63) is 291 Å². The quantitative estimate of drug-likeness (QED) is 0.118. The van der Waals surface area contributed by atoms with Crippen LogP contribution in [0.3, 0.4) is 0 Å². The van der Waals surface area contributed by atoms with Gasteiger partial charge in [-0.15, -0.1) is 0 Å². The topological polar surface area (TPSA) is 53.9 Å². The summed E-state index contributed by atoms with van der Waals surface area (Å²) in [5, 5.41) is 6.88. The molecule has 93 heavy (non-hydrogen) atoms. The zero-order valence-corrected chi connectivity index (χ0v) is 52.5. The predicted octanol–water partition coefficient (Wildman–Crippen LogP) is 22.2. The van der Waals surface area contributed by atoms with Gasteiger partial charge in [-0.2, -0.15) is 0 Å². The van der Waals surface area contributed by atoms with Crippen molar-refractivity contribution in [3.8, 4) is 90.0 Å². The number of para-hydroxylation sites is 5. The number of nitrogens with zero attached hydrogens (tertiary/aromatic N) is 5. The van der Waals surface area contributed by atoms with Gasteiger partial charge in [0, 0.05) is 50.3 Å². The van der Waals surface area contributed by atoms with Crippen LogP contribution in [0.15, 0.2) is 278 Å². The van der Waals surface area contributed by atoms with Crippen LogP contribution in [-0.4, -0.2) is 18.7 Å². The molecule has 0 radical (unpaired) electrons. The highest BCUT2D eigenvalue weighted by Gasteiger charge is 2.29. The lowest BCUT2D eigenvalue weighted by atomic mass is 9.85. The number of fused-ring (bicyclic) bond motifs is 16. The molecule has 444 valence electrons. The maximum Gasteiger partial charge on any atom is 0.269 e. The van der Waals surface area contributed by atoms with Gasteiger partial charge in [0.25, 0.3) is 6.33 Å². The van der Waals surface area contributed by atoms with E-state index in [2.05, 4.69) is 315 Å². The second kappa shape index (κ2) is 20.5. The van der Waals surface area contributed by atoms with Crippen LogP contribution in [-0.2, 0) is 10.8 Å². The van der Waals surface area contributed by atoms with Crippen LogP contribution in [0.2, 0.25) is 0 Å². The summed E-state index contributed by atoms with van der Waals surface area (Å²) in [5.41, 5.74) is 24.5. The van der Waals surface area contributed by atoms with Crippen LogP contribution < -0.4 is 9.30 Å². The Kier molecular flexibility index (Phi) is 12.0. The summed E-state index contributed by atoms with van der Waals surface area (Å²) in [4.78, 5) is 4.98. The highest BCUT2D eigenvalue weighted by atomic mass is 16.5. The number of benzene rings is 12. The summed E-state index contributed by atoms with van der Waals surface area (Å²) < 4.78 is 22.9. The lowest BCUT2D eigenvalue weighted by Gasteiger charge is -2.21. The fraction of sp³-hybridized carbons (Fsp3) is 0.0930. The third-order valence-electron chi connectivity index (χ3n) is 19.2. The van der Waals surface area contributed by atoms with Crippen LogP contribution in [0.25, 0.3) is 155 Å². The molecular weight excluding hydrogens is 1130 g/mol. The number of aromatic nitrogens is 5. The number of rotatable bonds is 7. The second-order valence-electron chi connectivity index (χ2n) is 26.9. The van der Waals surface area contributed by atoms with E-state index in [1.165, 1.54) is 21.9 Å². The average molecular weight is 1200 g/mol. The molecule has 0 saturated heterocycles. The largest absolute Gasteiger partial charge is 0.458 e. The third kappa shape index (κ3) is 8.71. The number of imidazole rings is 1. The van der Waals surface area contributed by atoms with Gasteiger partial charge in [-0.25, -0.2) is 4.98 Å². The normalized spacial score (nSPS) is 12.4. The second-order valence-corrected chi connectivity index (χ2v) is 26.9. The molecule has 7 nitrogen and oxygen atoms in total. The number of ether oxygens (including phenoxy) is 1. The average Bonchev–Trinajstić information content (AvgIpc) is 1.59. The molecule has 18 rings (SSSR count). The first kappa shape index (κ1) is 54.4. The molecule has 17 aromatic rings. The van der Waals surface area contributed by atoms with Crippen molar-refractivity contribution >= 4 is 76.6 Å². The lowest BCUT2D eigenvalue weighted by molar-refractivity contribution is -0.570. The zero-order chi connectivity index (χ0) is 62.4. The number of furan rings is 1. The summed E-state index contributed by atoms with van der Waals surface area (Å²) in [7, 11) is 0. The van der Waals surface area contributed by atoms with Crippen molar-refractivity contribution in [1.29, 1.82) is 0 Å². The molecule has 0 aliphatic carbocycles. The Balaban J connectivity index is 0.894. The minimum absolute atomic E-state index is 0.0329. The molecule has 1 aliphatic heterocycles. The maximum atomic E-state index is 7.08. The van der Waals surface area contributed by atoms with E-state index in [-0.39, 0.29) is 10.8 Å². The van der Waals surface area contributed by atoms with E-state index in [0.29, 0.717) is 11.5 Å². The Labute approximate surface area is 538 Å². The van der Waals surface area contributed by atoms with Crippen LogP contribution >= 0.6 is 0 Å². The van der Waals surface area contributed by atoms with E-state index >= 15 is 0 Å². The predicted molar refractivity (Wildman–Crippen MR) is 382 cm³/mol. The molecule has 0 saturated carbocycles. The SMILES string of the molecule is CC(C)(C)c1ccc(-c2cccc3c2-[n+]2[c-]n(-c4cccc(Oc5ccc6c7ccccc7n(-c7cc(C(C)(C)C)ccn7)c6c5)c4)c4cc(-c5ccc6oc7ccccc7c6c5)cc(c42)-c2ccccc2-c2ccc(-n4c5ccccc5c5ccccc54)cc2-3)cc1. The van der Waals surface area contributed by atoms with E-state index in [9.17, 15) is 0 Å². The van der Waals surface area contributed by atoms with E-state index in [4.69, 9.17) is 14.1 Å². The summed E-state index contributed by atoms with van der Waals surface area (Å²) in [6.07, 6.45) is 6.07. The van der Waals surface area contributed by atoms with Crippen LogP contribution in [0.5, 0.6) is 11.5 Å². The van der Waals surface area contributed by atoms with Crippen LogP contribution in [0.4, 0.5) is 0 Å². The van der Waals surface area contributed by atoms with E-state index in [0.717, 1.165) is 144 Å². The standard InChI is InChI=1S/C86H63N5O2/c1-85(2,3)56-36-33-53(34-37-56)62-27-18-28-71-72-50-59(90-75-29-13-9-23-66(75)67-24-10-14-30-76(67)90)38-40-65(72)63-21-7-8-22-64(63)74-46-55(54-35-42-81-73(45-54)70-26-12-16-32-80(70)93-81)47-79-84(74)89(83(62)71)52-88(79)58-19-17-20-60(49-58)92-61-39-41-69-68-25-11-15-31-77(68)91(78(69)51-61)82-48-57(43-44-87-82)86(4,5)6/h7-51H,1-6H3. The molecule has 0 N–H and O–H groups in total. The smallest absolute Gasteiger partial charge is 0.269 e. The summed E-state index contributed by atoms with van der Waals surface area (Å²) >= 11 is 0. The van der Waals surface area contributed by atoms with Crippen molar-refractivity contribution in [2.24, 2.45) is 0 Å². The van der Waals surface area contributed by atoms with Crippen molar-refractivity contribution in [1.82, 2.24) is 18.7 Å². The van der Waals surface area contributed by atoms with Crippen molar-refractivity contribution in [2.75, 3.05) is 0 Å². The van der Waals surface area contributed by atoms with E-state index < -0.39 is 0 Å². The molecule has 12 aromatic carbocycles. The van der Waals surface area contributed by atoms with Gasteiger partial charge in [0.2, 0.25) is 0 Å². The minimum atomic E-state index is -0.0563. The Morgan fingerprint density at radius 1 is 0.366 bits per heavy atom. The van der Waals surface area contributed by atoms with Gasteiger partial charge < -0.3 is 13.7 Å². The van der Waals surface area contributed by atoms with Gasteiger partial charge in [-0.3, -0.25) is 13.7 Å². The molecule has 0 unspecified atom stereocenters. The zero-order valence-electron chi connectivity index (χ0n) is 52.5. The first-order chi connectivity index (χ1) is 45.4. The third-order valence-corrected chi connectivity index (χ3v) is 19.2. The van der Waals surface area contributed by atoms with E-state index in [1.54, 1.807) is 0 Å². The Morgan fingerprint density at radius 2 is 0.968 bits per heavy atom. The molecule has 0 fully saturated rings. The molecule has 0 amide bonds. The number of pyridine rings is 1. The molecule has 0 atom stereocenters. The molecule has 6 heterocycles.